The van der Waals surface area contributed by atoms with Gasteiger partial charge in [0.1, 0.15) is 17.4 Å². The van der Waals surface area contributed by atoms with Gasteiger partial charge >= 0.3 is 0 Å². The first-order valence-electron chi connectivity index (χ1n) is 6.88. The van der Waals surface area contributed by atoms with Gasteiger partial charge in [0.15, 0.2) is 0 Å². The molecular weight excluding hydrogens is 288 g/mol. The molecule has 0 aromatic heterocycles. The fourth-order valence-corrected chi connectivity index (χ4v) is 2.18. The first kappa shape index (κ1) is 15.9. The summed E-state index contributed by atoms with van der Waals surface area (Å²) in [5.41, 5.74) is 1.73. The summed E-state index contributed by atoms with van der Waals surface area (Å²) >= 11 is 0. The van der Waals surface area contributed by atoms with Crippen molar-refractivity contribution < 1.29 is 18.3 Å². The Morgan fingerprint density at radius 1 is 1.18 bits per heavy atom. The molecule has 0 saturated carbocycles. The van der Waals surface area contributed by atoms with Gasteiger partial charge in [0, 0.05) is 6.54 Å². The number of nitrogens with one attached hydrogen (secondary N) is 1. The number of ether oxygens (including phenoxy) is 1. The van der Waals surface area contributed by atoms with E-state index in [0.29, 0.717) is 13.0 Å². The van der Waals surface area contributed by atoms with E-state index in [0.717, 1.165) is 35.1 Å². The molecule has 0 unspecified atom stereocenters. The Kier molecular flexibility index (Phi) is 5.09. The van der Waals surface area contributed by atoms with E-state index < -0.39 is 17.5 Å². The van der Waals surface area contributed by atoms with Crippen molar-refractivity contribution in [2.45, 2.75) is 13.3 Å². The van der Waals surface area contributed by atoms with Crippen molar-refractivity contribution in [1.82, 2.24) is 5.32 Å². The van der Waals surface area contributed by atoms with Gasteiger partial charge in [-0.05, 0) is 43.2 Å². The molecule has 0 aliphatic rings. The molecule has 0 radical (unpaired) electrons. The number of halogens is 2. The summed E-state index contributed by atoms with van der Waals surface area (Å²) < 4.78 is 31.8. The number of methoxy groups -OCH3 is 1. The van der Waals surface area contributed by atoms with Gasteiger partial charge in [0.05, 0.1) is 12.7 Å². The Morgan fingerprint density at radius 3 is 2.68 bits per heavy atom. The maximum atomic E-state index is 13.5. The van der Waals surface area contributed by atoms with Crippen molar-refractivity contribution in [2.24, 2.45) is 0 Å². The lowest BCUT2D eigenvalue weighted by atomic mass is 10.1. The number of aryl methyl sites for hydroxylation is 1. The van der Waals surface area contributed by atoms with Crippen molar-refractivity contribution in [3.8, 4) is 5.75 Å². The highest BCUT2D eigenvalue weighted by Crippen LogP contribution is 2.19. The number of hydrogen-bond acceptors (Lipinski definition) is 2. The molecular formula is C17H17F2NO2. The fourth-order valence-electron chi connectivity index (χ4n) is 2.18. The SMILES string of the molecule is COc1ccc(C)cc1CCNC(=O)c1cc(F)ccc1F. The standard InChI is InChI=1S/C17H17F2NO2/c1-11-3-6-16(22-2)12(9-11)7-8-20-17(21)14-10-13(18)4-5-15(14)19/h3-6,9-10H,7-8H2,1-2H3,(H,20,21). The molecule has 0 heterocycles. The largest absolute Gasteiger partial charge is 0.496 e. The first-order chi connectivity index (χ1) is 10.5. The van der Waals surface area contributed by atoms with Gasteiger partial charge in [-0.2, -0.15) is 0 Å². The predicted molar refractivity (Wildman–Crippen MR) is 80.1 cm³/mol. The molecule has 1 amide bonds. The number of rotatable bonds is 5. The highest BCUT2D eigenvalue weighted by molar-refractivity contribution is 5.94. The predicted octanol–water partition coefficient (Wildman–Crippen LogP) is 3.25. The molecule has 2 aromatic carbocycles. The van der Waals surface area contributed by atoms with Gasteiger partial charge < -0.3 is 10.1 Å². The third kappa shape index (κ3) is 3.81. The maximum absolute atomic E-state index is 13.5. The van der Waals surface area contributed by atoms with Gasteiger partial charge in [-0.15, -0.1) is 0 Å². The maximum Gasteiger partial charge on any atom is 0.254 e. The monoisotopic (exact) mass is 305 g/mol. The minimum absolute atomic E-state index is 0.295. The van der Waals surface area contributed by atoms with Crippen LogP contribution in [0, 0.1) is 18.6 Å². The molecule has 0 saturated heterocycles. The quantitative estimate of drug-likeness (QED) is 0.921. The van der Waals surface area contributed by atoms with Crippen LogP contribution in [0.1, 0.15) is 21.5 Å². The van der Waals surface area contributed by atoms with Crippen LogP contribution in [0.2, 0.25) is 0 Å². The molecule has 0 fully saturated rings. The Bertz CT molecular complexity index is 686. The van der Waals surface area contributed by atoms with E-state index in [1.54, 1.807) is 7.11 Å². The summed E-state index contributed by atoms with van der Waals surface area (Å²) in [5.74, 6) is -1.29. The lowest BCUT2D eigenvalue weighted by Gasteiger charge is -2.10. The molecule has 2 rings (SSSR count). The summed E-state index contributed by atoms with van der Waals surface area (Å²) in [6.07, 6.45) is 0.535. The van der Waals surface area contributed by atoms with Crippen LogP contribution < -0.4 is 10.1 Å². The molecule has 0 aliphatic heterocycles. The topological polar surface area (TPSA) is 38.3 Å². The normalized spacial score (nSPS) is 10.4. The van der Waals surface area contributed by atoms with E-state index in [2.05, 4.69) is 5.32 Å². The Morgan fingerprint density at radius 2 is 1.95 bits per heavy atom. The zero-order chi connectivity index (χ0) is 16.1. The van der Waals surface area contributed by atoms with Crippen LogP contribution in [0.25, 0.3) is 0 Å². The van der Waals surface area contributed by atoms with Gasteiger partial charge in [-0.1, -0.05) is 17.7 Å². The highest BCUT2D eigenvalue weighted by atomic mass is 19.1. The van der Waals surface area contributed by atoms with Crippen molar-refractivity contribution in [3.63, 3.8) is 0 Å². The van der Waals surface area contributed by atoms with Gasteiger partial charge in [0.2, 0.25) is 0 Å². The van der Waals surface area contributed by atoms with Crippen molar-refractivity contribution in [2.75, 3.05) is 13.7 Å². The molecule has 3 nitrogen and oxygen atoms in total. The average Bonchev–Trinajstić information content (AvgIpc) is 2.50. The minimum Gasteiger partial charge on any atom is -0.496 e. The summed E-state index contributed by atoms with van der Waals surface area (Å²) in [6.45, 7) is 2.26. The zero-order valence-electron chi connectivity index (χ0n) is 12.5. The average molecular weight is 305 g/mol. The molecule has 0 atom stereocenters. The Hall–Kier alpha value is -2.43. The van der Waals surface area contributed by atoms with E-state index in [4.69, 9.17) is 4.74 Å². The van der Waals surface area contributed by atoms with Crippen LogP contribution in [-0.2, 0) is 6.42 Å². The molecule has 5 heteroatoms. The molecule has 22 heavy (non-hydrogen) atoms. The van der Waals surface area contributed by atoms with Crippen molar-refractivity contribution in [3.05, 3.63) is 64.7 Å². The van der Waals surface area contributed by atoms with E-state index in [1.165, 1.54) is 0 Å². The molecule has 1 N–H and O–H groups in total. The van der Waals surface area contributed by atoms with E-state index in [-0.39, 0.29) is 5.56 Å². The minimum atomic E-state index is -0.743. The molecule has 0 aliphatic carbocycles. The second-order valence-corrected chi connectivity index (χ2v) is 4.95. The Labute approximate surface area is 127 Å². The second-order valence-electron chi connectivity index (χ2n) is 4.95. The summed E-state index contributed by atoms with van der Waals surface area (Å²) in [5, 5.41) is 2.59. The summed E-state index contributed by atoms with van der Waals surface area (Å²) in [7, 11) is 1.58. The third-order valence-corrected chi connectivity index (χ3v) is 3.29. The number of amides is 1. The van der Waals surface area contributed by atoms with Crippen LogP contribution in [0.3, 0.4) is 0 Å². The summed E-state index contributed by atoms with van der Waals surface area (Å²) in [6, 6.07) is 8.56. The van der Waals surface area contributed by atoms with Crippen LogP contribution in [0.15, 0.2) is 36.4 Å². The van der Waals surface area contributed by atoms with E-state index in [9.17, 15) is 13.6 Å². The van der Waals surface area contributed by atoms with E-state index in [1.807, 2.05) is 25.1 Å². The number of carbonyl (C=O) groups is 1. The van der Waals surface area contributed by atoms with E-state index >= 15 is 0 Å². The lowest BCUT2D eigenvalue weighted by molar-refractivity contribution is 0.0949. The molecule has 0 bridgehead atoms. The van der Waals surface area contributed by atoms with Crippen LogP contribution in [0.4, 0.5) is 8.78 Å². The first-order valence-corrected chi connectivity index (χ1v) is 6.88. The van der Waals surface area contributed by atoms with Crippen molar-refractivity contribution >= 4 is 5.91 Å². The molecule has 116 valence electrons. The van der Waals surface area contributed by atoms with Crippen LogP contribution >= 0.6 is 0 Å². The molecule has 0 spiro atoms. The van der Waals surface area contributed by atoms with Gasteiger partial charge in [0.25, 0.3) is 5.91 Å². The lowest BCUT2D eigenvalue weighted by Crippen LogP contribution is -2.26. The van der Waals surface area contributed by atoms with Crippen LogP contribution in [-0.4, -0.2) is 19.6 Å². The van der Waals surface area contributed by atoms with Gasteiger partial charge in [-0.25, -0.2) is 8.78 Å². The number of hydrogen-bond donors (Lipinski definition) is 1. The zero-order valence-corrected chi connectivity index (χ0v) is 12.5. The van der Waals surface area contributed by atoms with Gasteiger partial charge in [-0.3, -0.25) is 4.79 Å². The highest BCUT2D eigenvalue weighted by Gasteiger charge is 2.12. The fraction of sp³-hybridized carbons (Fsp3) is 0.235. The number of benzene rings is 2. The third-order valence-electron chi connectivity index (χ3n) is 3.29. The Balaban J connectivity index is 2.00. The van der Waals surface area contributed by atoms with Crippen LogP contribution in [0.5, 0.6) is 5.75 Å². The van der Waals surface area contributed by atoms with Crippen molar-refractivity contribution in [1.29, 1.82) is 0 Å². The second kappa shape index (κ2) is 7.02. The summed E-state index contributed by atoms with van der Waals surface area (Å²) in [4.78, 5) is 11.9. The number of carbonyl (C=O) groups excluding carboxylic acids is 1. The smallest absolute Gasteiger partial charge is 0.254 e. The molecule has 2 aromatic rings.